The lowest BCUT2D eigenvalue weighted by Crippen LogP contribution is -2.11. The number of fused-ring (bicyclic) bond motifs is 3. The van der Waals surface area contributed by atoms with Crippen LogP contribution in [0.15, 0.2) is 18.2 Å². The van der Waals surface area contributed by atoms with Gasteiger partial charge in [-0.15, -0.1) is 0 Å². The monoisotopic (exact) mass is 214 g/mol. The molecule has 0 atom stereocenters. The Balaban J connectivity index is 2.34. The fraction of sp³-hybridized carbons (Fsp3) is 0.0909. The summed E-state index contributed by atoms with van der Waals surface area (Å²) in [5.74, 6) is -0.492. The number of aromatic nitrogens is 2. The molecule has 1 aromatic carbocycles. The maximum atomic E-state index is 11.2. The van der Waals surface area contributed by atoms with Gasteiger partial charge in [0.15, 0.2) is 0 Å². The summed E-state index contributed by atoms with van der Waals surface area (Å²) in [6.07, 6.45) is 4.07. The number of anilines is 1. The summed E-state index contributed by atoms with van der Waals surface area (Å²) in [6.45, 7) is 0.769. The van der Waals surface area contributed by atoms with E-state index in [9.17, 15) is 4.79 Å². The van der Waals surface area contributed by atoms with Gasteiger partial charge in [-0.05, 0) is 11.6 Å². The van der Waals surface area contributed by atoms with Crippen molar-refractivity contribution in [2.24, 2.45) is 5.73 Å². The van der Waals surface area contributed by atoms with Gasteiger partial charge in [0.1, 0.15) is 11.2 Å². The van der Waals surface area contributed by atoms with Gasteiger partial charge < -0.3 is 11.1 Å². The first-order valence-corrected chi connectivity index (χ1v) is 4.98. The predicted molar refractivity (Wildman–Crippen MR) is 62.1 cm³/mol. The zero-order chi connectivity index (χ0) is 11.1. The quantitative estimate of drug-likeness (QED) is 0.664. The third kappa shape index (κ3) is 1.11. The van der Waals surface area contributed by atoms with Crippen LogP contribution in [0.4, 0.5) is 5.69 Å². The third-order valence-corrected chi connectivity index (χ3v) is 2.70. The van der Waals surface area contributed by atoms with Crippen molar-refractivity contribution >= 4 is 28.6 Å². The lowest BCUT2D eigenvalue weighted by molar-refractivity contribution is 0.0997. The Kier molecular flexibility index (Phi) is 1.73. The lowest BCUT2D eigenvalue weighted by atomic mass is 10.1. The number of nitrogens with zero attached hydrogens (tertiary/aromatic N) is 1. The Labute approximate surface area is 91.3 Å². The Morgan fingerprint density at radius 1 is 1.44 bits per heavy atom. The average Bonchev–Trinajstić information content (AvgIpc) is 2.73. The van der Waals surface area contributed by atoms with E-state index in [2.05, 4.69) is 15.5 Å². The van der Waals surface area contributed by atoms with Gasteiger partial charge >= 0.3 is 0 Å². The second-order valence-electron chi connectivity index (χ2n) is 3.67. The van der Waals surface area contributed by atoms with Crippen molar-refractivity contribution in [3.8, 4) is 0 Å². The van der Waals surface area contributed by atoms with Crippen LogP contribution in [0.3, 0.4) is 0 Å². The van der Waals surface area contributed by atoms with E-state index in [4.69, 9.17) is 5.73 Å². The second-order valence-corrected chi connectivity index (χ2v) is 3.67. The normalized spacial score (nSPS) is 13.5. The third-order valence-electron chi connectivity index (χ3n) is 2.70. The number of carbonyl (C=O) groups is 1. The average molecular weight is 214 g/mol. The molecule has 0 bridgehead atoms. The van der Waals surface area contributed by atoms with E-state index in [1.807, 2.05) is 24.3 Å². The highest BCUT2D eigenvalue weighted by atomic mass is 16.1. The molecule has 0 saturated carbocycles. The van der Waals surface area contributed by atoms with Crippen molar-refractivity contribution in [3.63, 3.8) is 0 Å². The molecule has 0 saturated heterocycles. The van der Waals surface area contributed by atoms with E-state index in [1.165, 1.54) is 0 Å². The molecule has 5 nitrogen and oxygen atoms in total. The van der Waals surface area contributed by atoms with Crippen LogP contribution in [-0.4, -0.2) is 22.6 Å². The number of amides is 1. The minimum atomic E-state index is -0.492. The van der Waals surface area contributed by atoms with Crippen LogP contribution in [0.25, 0.3) is 17.0 Å². The number of carbonyl (C=O) groups excluding carboxylic acids is 1. The summed E-state index contributed by atoms with van der Waals surface area (Å²) in [7, 11) is 0. The van der Waals surface area contributed by atoms with Gasteiger partial charge in [-0.2, -0.15) is 5.10 Å². The van der Waals surface area contributed by atoms with Crippen LogP contribution >= 0.6 is 0 Å². The first-order valence-electron chi connectivity index (χ1n) is 4.98. The zero-order valence-corrected chi connectivity index (χ0v) is 8.45. The minimum absolute atomic E-state index is 0.356. The van der Waals surface area contributed by atoms with Gasteiger partial charge in [0.05, 0.1) is 5.69 Å². The second kappa shape index (κ2) is 3.10. The molecule has 0 aliphatic carbocycles. The molecule has 2 heterocycles. The molecule has 2 aromatic rings. The molecule has 3 rings (SSSR count). The van der Waals surface area contributed by atoms with Gasteiger partial charge in [-0.1, -0.05) is 18.2 Å². The highest BCUT2D eigenvalue weighted by Gasteiger charge is 2.15. The molecule has 1 aliphatic rings. The molecular weight excluding hydrogens is 204 g/mol. The molecule has 1 aliphatic heterocycles. The first-order chi connectivity index (χ1) is 7.77. The molecule has 0 unspecified atom stereocenters. The molecule has 1 aromatic heterocycles. The highest BCUT2D eigenvalue weighted by Crippen LogP contribution is 2.30. The molecule has 0 fully saturated rings. The van der Waals surface area contributed by atoms with Crippen molar-refractivity contribution < 1.29 is 4.79 Å². The fourth-order valence-corrected chi connectivity index (χ4v) is 1.96. The zero-order valence-electron chi connectivity index (χ0n) is 8.45. The Morgan fingerprint density at radius 2 is 2.31 bits per heavy atom. The van der Waals surface area contributed by atoms with Crippen molar-refractivity contribution in [2.75, 3.05) is 11.9 Å². The van der Waals surface area contributed by atoms with Crippen LogP contribution in [-0.2, 0) is 0 Å². The molecule has 0 radical (unpaired) electrons. The molecular formula is C11H10N4O. The van der Waals surface area contributed by atoms with Crippen LogP contribution in [0.1, 0.15) is 16.1 Å². The van der Waals surface area contributed by atoms with E-state index >= 15 is 0 Å². The van der Waals surface area contributed by atoms with Gasteiger partial charge in [0.25, 0.3) is 5.91 Å². The van der Waals surface area contributed by atoms with Crippen molar-refractivity contribution in [3.05, 3.63) is 29.5 Å². The first kappa shape index (κ1) is 8.96. The topological polar surface area (TPSA) is 83.8 Å². The summed E-state index contributed by atoms with van der Waals surface area (Å²) in [5, 5.41) is 10.8. The number of primary amides is 1. The Bertz CT molecular complexity index is 612. The lowest BCUT2D eigenvalue weighted by Gasteiger charge is -2.12. The number of aromatic amines is 1. The van der Waals surface area contributed by atoms with Gasteiger partial charge in [-0.3, -0.25) is 9.89 Å². The van der Waals surface area contributed by atoms with Crippen molar-refractivity contribution in [2.45, 2.75) is 0 Å². The largest absolute Gasteiger partial charge is 0.379 e. The maximum absolute atomic E-state index is 11.2. The number of rotatable bonds is 1. The number of hydrogen-bond acceptors (Lipinski definition) is 3. The number of hydrogen-bond donors (Lipinski definition) is 3. The van der Waals surface area contributed by atoms with Crippen LogP contribution in [0.2, 0.25) is 0 Å². The summed E-state index contributed by atoms with van der Waals surface area (Å²) < 4.78 is 0. The summed E-state index contributed by atoms with van der Waals surface area (Å²) in [5.41, 5.74) is 8.39. The number of benzene rings is 1. The van der Waals surface area contributed by atoms with Crippen LogP contribution < -0.4 is 11.1 Å². The van der Waals surface area contributed by atoms with Gasteiger partial charge in [-0.25, -0.2) is 0 Å². The predicted octanol–water partition coefficient (Wildman–Crippen LogP) is 1.10. The standard InChI is InChI=1S/C11H10N4O/c12-11(16)10-7-4-3-6-2-1-5-13-8(6)9(7)14-15-10/h1-4,13H,5H2,(H2,12,16)(H,14,15). The van der Waals surface area contributed by atoms with Crippen molar-refractivity contribution in [1.29, 1.82) is 0 Å². The Morgan fingerprint density at radius 3 is 3.12 bits per heavy atom. The summed E-state index contributed by atoms with van der Waals surface area (Å²) in [6, 6.07) is 3.80. The number of H-pyrrole nitrogens is 1. The van der Waals surface area contributed by atoms with E-state index < -0.39 is 5.91 Å². The van der Waals surface area contributed by atoms with E-state index in [1.54, 1.807) is 0 Å². The van der Waals surface area contributed by atoms with Crippen molar-refractivity contribution in [1.82, 2.24) is 10.2 Å². The number of nitrogens with one attached hydrogen (secondary N) is 2. The summed E-state index contributed by atoms with van der Waals surface area (Å²) >= 11 is 0. The van der Waals surface area contributed by atoms with E-state index in [0.717, 1.165) is 28.7 Å². The van der Waals surface area contributed by atoms with Gasteiger partial charge in [0.2, 0.25) is 0 Å². The molecule has 4 N–H and O–H groups in total. The SMILES string of the molecule is NC(=O)c1[nH]nc2c3c(ccc12)C=CCN3. The number of nitrogens with two attached hydrogens (primary N) is 1. The Hall–Kier alpha value is -2.30. The molecule has 0 spiro atoms. The molecule has 5 heteroatoms. The maximum Gasteiger partial charge on any atom is 0.267 e. The smallest absolute Gasteiger partial charge is 0.267 e. The van der Waals surface area contributed by atoms with E-state index in [0.29, 0.717) is 5.69 Å². The van der Waals surface area contributed by atoms with Crippen LogP contribution in [0.5, 0.6) is 0 Å². The molecule has 1 amide bonds. The fourth-order valence-electron chi connectivity index (χ4n) is 1.96. The molecule has 80 valence electrons. The van der Waals surface area contributed by atoms with E-state index in [-0.39, 0.29) is 0 Å². The molecule has 16 heavy (non-hydrogen) atoms. The minimum Gasteiger partial charge on any atom is -0.379 e. The van der Waals surface area contributed by atoms with Gasteiger partial charge in [0, 0.05) is 11.9 Å². The summed E-state index contributed by atoms with van der Waals surface area (Å²) in [4.78, 5) is 11.2. The van der Waals surface area contributed by atoms with Crippen LogP contribution in [0, 0.1) is 0 Å². The highest BCUT2D eigenvalue weighted by molar-refractivity contribution is 6.08.